The van der Waals surface area contributed by atoms with Crippen molar-refractivity contribution in [3.63, 3.8) is 0 Å². The van der Waals surface area contributed by atoms with Crippen molar-refractivity contribution in [2.45, 2.75) is 113 Å². The Morgan fingerprint density at radius 1 is 0.643 bits per heavy atom. The molecule has 0 spiro atoms. The summed E-state index contributed by atoms with van der Waals surface area (Å²) in [5.74, 6) is -1.20. The van der Waals surface area contributed by atoms with E-state index in [1.54, 1.807) is 6.92 Å². The summed E-state index contributed by atoms with van der Waals surface area (Å²) in [6, 6.07) is -2.65. The van der Waals surface area contributed by atoms with Crippen LogP contribution in [0.1, 0.15) is 20.8 Å². The van der Waals surface area contributed by atoms with Gasteiger partial charge in [0, 0.05) is 20.5 Å². The first-order valence-corrected chi connectivity index (χ1v) is 13.5. The first-order chi connectivity index (χ1) is 19.8. The molecule has 18 heteroatoms. The smallest absolute Gasteiger partial charge is 0.217 e. The highest BCUT2D eigenvalue weighted by molar-refractivity contribution is 5.73. The van der Waals surface area contributed by atoms with E-state index >= 15 is 0 Å². The third-order valence-electron chi connectivity index (χ3n) is 7.19. The number of amides is 2. The van der Waals surface area contributed by atoms with Gasteiger partial charge in [0.25, 0.3) is 0 Å². The molecule has 0 unspecified atom stereocenters. The van der Waals surface area contributed by atoms with E-state index in [9.17, 15) is 50.4 Å². The van der Waals surface area contributed by atoms with Crippen LogP contribution in [0.2, 0.25) is 0 Å². The molecule has 3 fully saturated rings. The van der Waals surface area contributed by atoms with Crippen molar-refractivity contribution in [3.05, 3.63) is 0 Å². The molecule has 18 nitrogen and oxygen atoms in total. The van der Waals surface area contributed by atoms with Crippen LogP contribution in [0.4, 0.5) is 0 Å². The standard InChI is InChI=1S/C24H42N2O16/c1-4-37-24-20(36)21(42-23-14(26-9(3)30)19(35)16(32)11(6-28)40-23)17(33)12(41-24)7-38-22-13(25-8(2)29)18(34)15(31)10(5-27)39-22/h10-24,27-28,31-36H,4-7H2,1-3H3,(H,25,29)(H,26,30)/t10-,11-,12-,13-,14-,15-,16-,17+,18-,19-,20-,21+,22-,23+,24-/m1/s1. The Balaban J connectivity index is 1.81. The lowest BCUT2D eigenvalue weighted by molar-refractivity contribution is -0.353. The van der Waals surface area contributed by atoms with Crippen LogP contribution in [-0.2, 0) is 38.0 Å². The van der Waals surface area contributed by atoms with E-state index in [1.165, 1.54) is 0 Å². The van der Waals surface area contributed by atoms with Gasteiger partial charge in [0.2, 0.25) is 11.8 Å². The molecule has 15 atom stereocenters. The summed E-state index contributed by atoms with van der Waals surface area (Å²) in [7, 11) is 0. The fourth-order valence-electron chi connectivity index (χ4n) is 5.05. The summed E-state index contributed by atoms with van der Waals surface area (Å²) in [6.07, 6.45) is -19.6. The van der Waals surface area contributed by atoms with E-state index in [2.05, 4.69) is 10.6 Å². The van der Waals surface area contributed by atoms with Gasteiger partial charge in [-0.3, -0.25) is 9.59 Å². The molecule has 3 saturated heterocycles. The maximum atomic E-state index is 11.8. The minimum atomic E-state index is -1.69. The molecule has 0 aromatic heterocycles. The second-order valence-electron chi connectivity index (χ2n) is 10.3. The van der Waals surface area contributed by atoms with E-state index in [1.807, 2.05) is 0 Å². The Morgan fingerprint density at radius 2 is 1.12 bits per heavy atom. The summed E-state index contributed by atoms with van der Waals surface area (Å²) >= 11 is 0. The van der Waals surface area contributed by atoms with Crippen LogP contribution in [0.25, 0.3) is 0 Å². The number of carbonyl (C=O) groups is 2. The molecule has 3 aliphatic rings. The van der Waals surface area contributed by atoms with Gasteiger partial charge in [-0.1, -0.05) is 0 Å². The fourth-order valence-corrected chi connectivity index (χ4v) is 5.05. The monoisotopic (exact) mass is 614 g/mol. The molecule has 244 valence electrons. The van der Waals surface area contributed by atoms with Gasteiger partial charge in [-0.25, -0.2) is 0 Å². The molecule has 3 heterocycles. The molecular weight excluding hydrogens is 572 g/mol. The largest absolute Gasteiger partial charge is 0.394 e. The number of aliphatic hydroxyl groups is 8. The molecule has 0 bridgehead atoms. The van der Waals surface area contributed by atoms with Gasteiger partial charge in [-0.15, -0.1) is 0 Å². The highest BCUT2D eigenvalue weighted by atomic mass is 16.7. The predicted octanol–water partition coefficient (Wildman–Crippen LogP) is -6.24. The lowest BCUT2D eigenvalue weighted by Gasteiger charge is -2.47. The Bertz CT molecular complexity index is 885. The number of hydrogen-bond acceptors (Lipinski definition) is 16. The van der Waals surface area contributed by atoms with Crippen LogP contribution >= 0.6 is 0 Å². The second kappa shape index (κ2) is 15.4. The number of nitrogens with one attached hydrogen (secondary N) is 2. The summed E-state index contributed by atoms with van der Waals surface area (Å²) in [4.78, 5) is 23.5. The number of hydrogen-bond donors (Lipinski definition) is 10. The summed E-state index contributed by atoms with van der Waals surface area (Å²) in [6.45, 7) is 2.05. The number of carbonyl (C=O) groups excluding carboxylic acids is 2. The quantitative estimate of drug-likeness (QED) is 0.104. The average Bonchev–Trinajstić information content (AvgIpc) is 2.94. The van der Waals surface area contributed by atoms with Crippen LogP contribution in [0.15, 0.2) is 0 Å². The zero-order chi connectivity index (χ0) is 31.3. The molecule has 0 radical (unpaired) electrons. The molecule has 0 saturated carbocycles. The number of aliphatic hydroxyl groups excluding tert-OH is 8. The van der Waals surface area contributed by atoms with Gasteiger partial charge in [0.15, 0.2) is 18.9 Å². The van der Waals surface area contributed by atoms with Crippen molar-refractivity contribution in [3.8, 4) is 0 Å². The van der Waals surface area contributed by atoms with Crippen LogP contribution < -0.4 is 10.6 Å². The summed E-state index contributed by atoms with van der Waals surface area (Å²) < 4.78 is 33.7. The normalized spacial score (nSPS) is 44.4. The molecule has 3 aliphatic heterocycles. The zero-order valence-electron chi connectivity index (χ0n) is 23.3. The van der Waals surface area contributed by atoms with Crippen LogP contribution in [0, 0.1) is 0 Å². The lowest BCUT2D eigenvalue weighted by atomic mass is 9.95. The summed E-state index contributed by atoms with van der Waals surface area (Å²) in [5, 5.41) is 87.5. The number of ether oxygens (including phenoxy) is 6. The van der Waals surface area contributed by atoms with Gasteiger partial charge >= 0.3 is 0 Å². The van der Waals surface area contributed by atoms with E-state index in [4.69, 9.17) is 28.4 Å². The average molecular weight is 615 g/mol. The highest BCUT2D eigenvalue weighted by Gasteiger charge is 2.52. The Labute approximate surface area is 241 Å². The third-order valence-corrected chi connectivity index (χ3v) is 7.19. The molecule has 2 amide bonds. The van der Waals surface area contributed by atoms with Gasteiger partial charge in [-0.05, 0) is 6.92 Å². The minimum absolute atomic E-state index is 0.0582. The Kier molecular flexibility index (Phi) is 12.8. The molecule has 10 N–H and O–H groups in total. The van der Waals surface area contributed by atoms with Crippen LogP contribution in [0.5, 0.6) is 0 Å². The van der Waals surface area contributed by atoms with Gasteiger partial charge in [-0.2, -0.15) is 0 Å². The molecule has 0 aromatic carbocycles. The Morgan fingerprint density at radius 3 is 1.60 bits per heavy atom. The van der Waals surface area contributed by atoms with Crippen molar-refractivity contribution in [1.29, 1.82) is 0 Å². The topological polar surface area (TPSA) is 275 Å². The van der Waals surface area contributed by atoms with E-state index < -0.39 is 124 Å². The van der Waals surface area contributed by atoms with Gasteiger partial charge < -0.3 is 79.9 Å². The van der Waals surface area contributed by atoms with Crippen LogP contribution in [-0.4, -0.2) is 171 Å². The molecule has 42 heavy (non-hydrogen) atoms. The maximum absolute atomic E-state index is 11.8. The van der Waals surface area contributed by atoms with Crippen molar-refractivity contribution < 1.29 is 78.9 Å². The first-order valence-electron chi connectivity index (χ1n) is 13.5. The van der Waals surface area contributed by atoms with Crippen LogP contribution in [0.3, 0.4) is 0 Å². The lowest BCUT2D eigenvalue weighted by Crippen LogP contribution is -2.68. The second-order valence-corrected chi connectivity index (χ2v) is 10.3. The zero-order valence-corrected chi connectivity index (χ0v) is 23.3. The van der Waals surface area contributed by atoms with Crippen molar-refractivity contribution in [2.24, 2.45) is 0 Å². The summed E-state index contributed by atoms with van der Waals surface area (Å²) in [5.41, 5.74) is 0. The van der Waals surface area contributed by atoms with Crippen molar-refractivity contribution in [1.82, 2.24) is 10.6 Å². The van der Waals surface area contributed by atoms with Gasteiger partial charge in [0.1, 0.15) is 73.1 Å². The van der Waals surface area contributed by atoms with Gasteiger partial charge in [0.05, 0.1) is 19.8 Å². The van der Waals surface area contributed by atoms with Crippen molar-refractivity contribution >= 4 is 11.8 Å². The minimum Gasteiger partial charge on any atom is -0.394 e. The Hall–Kier alpha value is -1.62. The number of rotatable bonds is 11. The molecule has 0 aromatic rings. The SMILES string of the molecule is CCO[C@@H]1O[C@H](CO[C@@H]2O[C@H](CO)[C@@H](O)[C@H](O)[C@H]2NC(C)=O)[C@H](O)[C@H](O[C@@H]2O[C@H](CO)[C@@H](O)[C@H](O)[C@H]2NC(C)=O)[C@H]1O. The fraction of sp³-hybridized carbons (Fsp3) is 0.917. The molecule has 0 aliphatic carbocycles. The molecular formula is C24H42N2O16. The first kappa shape index (κ1) is 34.9. The molecule has 3 rings (SSSR count). The van der Waals surface area contributed by atoms with E-state index in [0.29, 0.717) is 0 Å². The third kappa shape index (κ3) is 7.90. The maximum Gasteiger partial charge on any atom is 0.217 e. The highest BCUT2D eigenvalue weighted by Crippen LogP contribution is 2.31. The van der Waals surface area contributed by atoms with E-state index in [-0.39, 0.29) is 6.61 Å². The predicted molar refractivity (Wildman–Crippen MR) is 134 cm³/mol. The van der Waals surface area contributed by atoms with E-state index in [0.717, 1.165) is 13.8 Å². The van der Waals surface area contributed by atoms with Crippen molar-refractivity contribution in [2.75, 3.05) is 26.4 Å².